The second kappa shape index (κ2) is 10.2. The number of pyridine rings is 1. The summed E-state index contributed by atoms with van der Waals surface area (Å²) in [6.45, 7) is 6.23. The molecule has 0 atom stereocenters. The molecular weight excluding hydrogens is 506 g/mol. The normalized spacial score (nSPS) is 12.2. The third-order valence-corrected chi connectivity index (χ3v) is 6.41. The van der Waals surface area contributed by atoms with Crippen LogP contribution >= 0.6 is 11.6 Å². The highest BCUT2D eigenvalue weighted by Gasteiger charge is 2.30. The SMILES string of the molecule is CC(C)(C)c1ccc(CN(CCc2cccc(C(F)(F)F)c2)C(=O)c2c(F)c(Cl)cc3cc[nH]c23)cn1. The van der Waals surface area contributed by atoms with Gasteiger partial charge in [-0.3, -0.25) is 9.78 Å². The van der Waals surface area contributed by atoms with Crippen LogP contribution in [0.15, 0.2) is 60.9 Å². The Labute approximate surface area is 217 Å². The van der Waals surface area contributed by atoms with E-state index in [1.54, 1.807) is 24.5 Å². The Morgan fingerprint density at radius 1 is 1.05 bits per heavy atom. The van der Waals surface area contributed by atoms with Gasteiger partial charge < -0.3 is 9.88 Å². The van der Waals surface area contributed by atoms with E-state index in [9.17, 15) is 18.0 Å². The average Bonchev–Trinajstić information content (AvgIpc) is 3.29. The van der Waals surface area contributed by atoms with Crippen LogP contribution in [0.4, 0.5) is 17.6 Å². The van der Waals surface area contributed by atoms with Gasteiger partial charge in [0, 0.05) is 42.0 Å². The van der Waals surface area contributed by atoms with Gasteiger partial charge in [-0.2, -0.15) is 13.2 Å². The van der Waals surface area contributed by atoms with E-state index in [2.05, 4.69) is 9.97 Å². The number of rotatable bonds is 6. The van der Waals surface area contributed by atoms with E-state index < -0.39 is 23.5 Å². The maximum Gasteiger partial charge on any atom is 0.416 e. The van der Waals surface area contributed by atoms with Crippen molar-refractivity contribution in [1.29, 1.82) is 0 Å². The van der Waals surface area contributed by atoms with E-state index in [1.807, 2.05) is 32.9 Å². The van der Waals surface area contributed by atoms with Gasteiger partial charge in [-0.1, -0.05) is 56.6 Å². The third-order valence-electron chi connectivity index (χ3n) is 6.13. The molecule has 37 heavy (non-hydrogen) atoms. The van der Waals surface area contributed by atoms with Crippen LogP contribution in [-0.4, -0.2) is 27.3 Å². The van der Waals surface area contributed by atoms with Crippen molar-refractivity contribution >= 4 is 28.4 Å². The number of nitrogens with one attached hydrogen (secondary N) is 1. The molecule has 4 nitrogen and oxygen atoms in total. The van der Waals surface area contributed by atoms with Gasteiger partial charge >= 0.3 is 6.18 Å². The fourth-order valence-corrected chi connectivity index (χ4v) is 4.32. The summed E-state index contributed by atoms with van der Waals surface area (Å²) in [5.74, 6) is -1.48. The molecule has 1 amide bonds. The number of carbonyl (C=O) groups excluding carboxylic acids is 1. The fourth-order valence-electron chi connectivity index (χ4n) is 4.11. The van der Waals surface area contributed by atoms with Crippen LogP contribution < -0.4 is 0 Å². The summed E-state index contributed by atoms with van der Waals surface area (Å²) >= 11 is 6.08. The van der Waals surface area contributed by atoms with Crippen LogP contribution in [0.5, 0.6) is 0 Å². The summed E-state index contributed by atoms with van der Waals surface area (Å²) < 4.78 is 54.7. The number of alkyl halides is 3. The predicted octanol–water partition coefficient (Wildman–Crippen LogP) is 7.56. The van der Waals surface area contributed by atoms with Crippen molar-refractivity contribution in [2.45, 2.75) is 45.3 Å². The summed E-state index contributed by atoms with van der Waals surface area (Å²) in [5.41, 5.74) is 1.14. The van der Waals surface area contributed by atoms with Crippen LogP contribution in [0.3, 0.4) is 0 Å². The number of carbonyl (C=O) groups is 1. The van der Waals surface area contributed by atoms with Crippen molar-refractivity contribution in [3.8, 4) is 0 Å². The quantitative estimate of drug-likeness (QED) is 0.261. The fraction of sp³-hybridized carbons (Fsp3) is 0.286. The minimum absolute atomic E-state index is 0.0509. The number of nitrogens with zero attached hydrogens (tertiary/aromatic N) is 2. The highest BCUT2D eigenvalue weighted by atomic mass is 35.5. The zero-order chi connectivity index (χ0) is 27.0. The molecule has 9 heteroatoms. The number of amides is 1. The predicted molar refractivity (Wildman–Crippen MR) is 136 cm³/mol. The standard InChI is InChI=1S/C28H26ClF4N3O/c1-27(2,3)22-8-7-18(15-35-22)16-36(12-10-17-5-4-6-20(13-17)28(31,32)33)26(37)23-24(30)21(29)14-19-9-11-34-25(19)23/h4-9,11,13-15,34H,10,12,16H2,1-3H3. The van der Waals surface area contributed by atoms with Crippen molar-refractivity contribution in [3.63, 3.8) is 0 Å². The minimum Gasteiger partial charge on any atom is -0.360 e. The Bertz CT molecular complexity index is 1420. The summed E-state index contributed by atoms with van der Waals surface area (Å²) in [4.78, 5) is 22.5. The zero-order valence-corrected chi connectivity index (χ0v) is 21.3. The molecule has 0 aliphatic rings. The number of aromatic nitrogens is 2. The molecule has 0 bridgehead atoms. The van der Waals surface area contributed by atoms with Crippen molar-refractivity contribution in [2.24, 2.45) is 0 Å². The molecule has 0 unspecified atom stereocenters. The second-order valence-corrected chi connectivity index (χ2v) is 10.4. The zero-order valence-electron chi connectivity index (χ0n) is 20.6. The molecule has 2 aromatic heterocycles. The summed E-state index contributed by atoms with van der Waals surface area (Å²) in [6, 6.07) is 11.8. The maximum absolute atomic E-state index is 15.2. The van der Waals surface area contributed by atoms with Gasteiger partial charge in [-0.15, -0.1) is 0 Å². The van der Waals surface area contributed by atoms with E-state index >= 15 is 4.39 Å². The number of hydrogen-bond acceptors (Lipinski definition) is 2. The van der Waals surface area contributed by atoms with Crippen LogP contribution in [0.25, 0.3) is 10.9 Å². The minimum atomic E-state index is -4.48. The third kappa shape index (κ3) is 5.96. The van der Waals surface area contributed by atoms with Gasteiger partial charge in [0.15, 0.2) is 5.82 Å². The number of benzene rings is 2. The number of aromatic amines is 1. The first-order valence-electron chi connectivity index (χ1n) is 11.7. The van der Waals surface area contributed by atoms with Gasteiger partial charge in [0.2, 0.25) is 0 Å². The monoisotopic (exact) mass is 531 g/mol. The van der Waals surface area contributed by atoms with Crippen molar-refractivity contribution in [1.82, 2.24) is 14.9 Å². The topological polar surface area (TPSA) is 49.0 Å². The first kappa shape index (κ1) is 26.7. The first-order valence-corrected chi connectivity index (χ1v) is 12.1. The van der Waals surface area contributed by atoms with E-state index in [1.165, 1.54) is 17.0 Å². The second-order valence-electron chi connectivity index (χ2n) is 9.97. The molecule has 0 saturated heterocycles. The lowest BCUT2D eigenvalue weighted by Gasteiger charge is -2.24. The molecule has 2 heterocycles. The van der Waals surface area contributed by atoms with Crippen LogP contribution in [0.2, 0.25) is 5.02 Å². The Hall–Kier alpha value is -3.39. The van der Waals surface area contributed by atoms with Crippen molar-refractivity contribution in [3.05, 3.63) is 99.7 Å². The van der Waals surface area contributed by atoms with Gasteiger partial charge in [-0.05, 0) is 41.8 Å². The number of H-pyrrole nitrogens is 1. The Balaban J connectivity index is 1.68. The average molecular weight is 532 g/mol. The van der Waals surface area contributed by atoms with Gasteiger partial charge in [0.1, 0.15) is 5.56 Å². The summed E-state index contributed by atoms with van der Waals surface area (Å²) in [7, 11) is 0. The summed E-state index contributed by atoms with van der Waals surface area (Å²) in [5, 5.41) is 0.383. The molecule has 4 rings (SSSR count). The number of fused-ring (bicyclic) bond motifs is 1. The Kier molecular flexibility index (Phi) is 7.33. The smallest absolute Gasteiger partial charge is 0.360 e. The molecule has 0 spiro atoms. The van der Waals surface area contributed by atoms with Crippen molar-refractivity contribution < 1.29 is 22.4 Å². The molecule has 0 fully saturated rings. The van der Waals surface area contributed by atoms with E-state index in [-0.39, 0.29) is 35.5 Å². The van der Waals surface area contributed by atoms with Crippen LogP contribution in [0.1, 0.15) is 53.5 Å². The van der Waals surface area contributed by atoms with E-state index in [4.69, 9.17) is 11.6 Å². The highest BCUT2D eigenvalue weighted by molar-refractivity contribution is 6.32. The molecule has 0 radical (unpaired) electrons. The maximum atomic E-state index is 15.2. The molecule has 4 aromatic rings. The molecule has 2 aromatic carbocycles. The highest BCUT2D eigenvalue weighted by Crippen LogP contribution is 2.31. The lowest BCUT2D eigenvalue weighted by molar-refractivity contribution is -0.137. The number of halogens is 5. The molecule has 194 valence electrons. The van der Waals surface area contributed by atoms with E-state index in [0.29, 0.717) is 22.0 Å². The van der Waals surface area contributed by atoms with Crippen LogP contribution in [-0.2, 0) is 24.6 Å². The number of hydrogen-bond donors (Lipinski definition) is 1. The first-order chi connectivity index (χ1) is 17.3. The molecule has 0 saturated carbocycles. The molecule has 0 aliphatic carbocycles. The van der Waals surface area contributed by atoms with Gasteiger partial charge in [0.25, 0.3) is 5.91 Å². The van der Waals surface area contributed by atoms with Gasteiger partial charge in [0.05, 0.1) is 16.1 Å². The van der Waals surface area contributed by atoms with Crippen LogP contribution in [0, 0.1) is 5.82 Å². The van der Waals surface area contributed by atoms with Gasteiger partial charge in [-0.25, -0.2) is 4.39 Å². The molecule has 0 aliphatic heterocycles. The lowest BCUT2D eigenvalue weighted by Crippen LogP contribution is -2.33. The lowest BCUT2D eigenvalue weighted by atomic mass is 9.91. The summed E-state index contributed by atoms with van der Waals surface area (Å²) in [6.07, 6.45) is -1.10. The largest absolute Gasteiger partial charge is 0.416 e. The molecular formula is C28H26ClF4N3O. The van der Waals surface area contributed by atoms with E-state index in [0.717, 1.165) is 17.8 Å². The Morgan fingerprint density at radius 3 is 2.46 bits per heavy atom. The Morgan fingerprint density at radius 2 is 1.81 bits per heavy atom. The van der Waals surface area contributed by atoms with Crippen molar-refractivity contribution in [2.75, 3.05) is 6.54 Å². The molecule has 1 N–H and O–H groups in total.